The molecule has 3 N–H and O–H groups in total. The molecule has 0 fully saturated rings. The Labute approximate surface area is 154 Å². The zero-order valence-electron chi connectivity index (χ0n) is 13.1. The third kappa shape index (κ3) is 3.95. The zero-order chi connectivity index (χ0) is 17.8. The van der Waals surface area contributed by atoms with E-state index in [4.69, 9.17) is 23.2 Å². The number of para-hydroxylation sites is 1. The largest absolute Gasteiger partial charge is 0.360 e. The zero-order valence-corrected chi connectivity index (χ0v) is 14.6. The average Bonchev–Trinajstić information content (AvgIpc) is 3.05. The van der Waals surface area contributed by atoms with Gasteiger partial charge in [-0.05, 0) is 24.3 Å². The number of rotatable bonds is 5. The number of halogens is 2. The Morgan fingerprint density at radius 1 is 0.920 bits per heavy atom. The first-order valence-corrected chi connectivity index (χ1v) is 8.39. The molecule has 0 spiro atoms. The molecule has 0 saturated heterocycles. The quantitative estimate of drug-likeness (QED) is 0.595. The van der Waals surface area contributed by atoms with Crippen LogP contribution in [0.5, 0.6) is 0 Å². The number of amides is 2. The smallest absolute Gasteiger partial charge is 0.253 e. The number of hydrogen-bond acceptors (Lipinski definition) is 2. The Hall–Kier alpha value is -2.50. The van der Waals surface area contributed by atoms with Crippen molar-refractivity contribution >= 4 is 45.9 Å². The minimum absolute atomic E-state index is 0.193. The highest BCUT2D eigenvalue weighted by Crippen LogP contribution is 2.22. The summed E-state index contributed by atoms with van der Waals surface area (Å²) in [6.45, 7) is 0.610. The molecular weight excluding hydrogens is 361 g/mol. The highest BCUT2D eigenvalue weighted by atomic mass is 35.5. The molecule has 0 bridgehead atoms. The van der Waals surface area contributed by atoms with Gasteiger partial charge in [0.2, 0.25) is 0 Å². The number of aromatic nitrogens is 1. The molecule has 3 rings (SSSR count). The van der Waals surface area contributed by atoms with Crippen molar-refractivity contribution in [3.05, 3.63) is 69.8 Å². The molecule has 2 amide bonds. The van der Waals surface area contributed by atoms with Crippen molar-refractivity contribution in [3.63, 3.8) is 0 Å². The predicted molar refractivity (Wildman–Crippen MR) is 99.4 cm³/mol. The molecule has 0 aliphatic heterocycles. The third-order valence-corrected chi connectivity index (χ3v) is 4.45. The Kier molecular flexibility index (Phi) is 5.26. The summed E-state index contributed by atoms with van der Waals surface area (Å²) in [4.78, 5) is 27.3. The summed E-state index contributed by atoms with van der Waals surface area (Å²) in [5, 5.41) is 7.08. The summed E-state index contributed by atoms with van der Waals surface area (Å²) in [6.07, 6.45) is 1.67. The Bertz CT molecular complexity index is 937. The molecule has 128 valence electrons. The maximum Gasteiger partial charge on any atom is 0.253 e. The van der Waals surface area contributed by atoms with E-state index in [1.54, 1.807) is 18.3 Å². The van der Waals surface area contributed by atoms with Crippen LogP contribution in [-0.4, -0.2) is 29.9 Å². The van der Waals surface area contributed by atoms with Crippen LogP contribution in [0, 0.1) is 0 Å². The molecule has 0 saturated carbocycles. The minimum atomic E-state index is -0.278. The van der Waals surface area contributed by atoms with Crippen molar-refractivity contribution < 1.29 is 9.59 Å². The lowest BCUT2D eigenvalue weighted by Crippen LogP contribution is -2.34. The van der Waals surface area contributed by atoms with E-state index in [-0.39, 0.29) is 11.8 Å². The first-order valence-electron chi connectivity index (χ1n) is 7.64. The summed E-state index contributed by atoms with van der Waals surface area (Å²) < 4.78 is 0. The second-order valence-electron chi connectivity index (χ2n) is 5.39. The highest BCUT2D eigenvalue weighted by Gasteiger charge is 2.11. The van der Waals surface area contributed by atoms with Crippen LogP contribution in [0.15, 0.2) is 48.7 Å². The van der Waals surface area contributed by atoms with Crippen molar-refractivity contribution in [3.8, 4) is 0 Å². The monoisotopic (exact) mass is 375 g/mol. The second-order valence-corrected chi connectivity index (χ2v) is 6.20. The van der Waals surface area contributed by atoms with Crippen molar-refractivity contribution in [1.29, 1.82) is 0 Å². The van der Waals surface area contributed by atoms with Crippen LogP contribution in [-0.2, 0) is 0 Å². The molecule has 0 aliphatic rings. The van der Waals surface area contributed by atoms with E-state index < -0.39 is 0 Å². The van der Waals surface area contributed by atoms with E-state index in [0.717, 1.165) is 10.9 Å². The number of fused-ring (bicyclic) bond motifs is 1. The van der Waals surface area contributed by atoms with E-state index in [1.807, 2.05) is 24.3 Å². The number of nitrogens with one attached hydrogen (secondary N) is 3. The van der Waals surface area contributed by atoms with Gasteiger partial charge in [-0.1, -0.05) is 41.4 Å². The number of H-pyrrole nitrogens is 1. The third-order valence-electron chi connectivity index (χ3n) is 3.71. The van der Waals surface area contributed by atoms with Crippen molar-refractivity contribution in [2.75, 3.05) is 13.1 Å². The van der Waals surface area contributed by atoms with Crippen LogP contribution in [0.25, 0.3) is 10.9 Å². The second kappa shape index (κ2) is 7.59. The number of benzene rings is 2. The molecule has 1 heterocycles. The van der Waals surface area contributed by atoms with Crippen LogP contribution in [0.1, 0.15) is 20.7 Å². The van der Waals surface area contributed by atoms with Gasteiger partial charge in [0.1, 0.15) is 0 Å². The van der Waals surface area contributed by atoms with Gasteiger partial charge in [0.25, 0.3) is 11.8 Å². The number of aromatic amines is 1. The summed E-state index contributed by atoms with van der Waals surface area (Å²) >= 11 is 11.7. The molecule has 3 aromatic rings. The molecule has 1 aromatic heterocycles. The number of carbonyl (C=O) groups excluding carboxylic acids is 2. The van der Waals surface area contributed by atoms with E-state index in [9.17, 15) is 9.59 Å². The first kappa shape index (κ1) is 17.3. The van der Waals surface area contributed by atoms with E-state index >= 15 is 0 Å². The maximum absolute atomic E-state index is 12.2. The molecular formula is C18H15Cl2N3O2. The lowest BCUT2D eigenvalue weighted by Gasteiger charge is -2.07. The van der Waals surface area contributed by atoms with Crippen LogP contribution in [0.4, 0.5) is 0 Å². The van der Waals surface area contributed by atoms with Crippen LogP contribution in [0.3, 0.4) is 0 Å². The normalized spacial score (nSPS) is 10.6. The van der Waals surface area contributed by atoms with Crippen molar-refractivity contribution in [1.82, 2.24) is 15.6 Å². The van der Waals surface area contributed by atoms with Gasteiger partial charge in [-0.25, -0.2) is 0 Å². The molecule has 0 atom stereocenters. The summed E-state index contributed by atoms with van der Waals surface area (Å²) in [5.41, 5.74) is 1.89. The molecule has 0 aliphatic carbocycles. The van der Waals surface area contributed by atoms with Gasteiger partial charge in [-0.15, -0.1) is 0 Å². The summed E-state index contributed by atoms with van der Waals surface area (Å²) in [5.74, 6) is -0.471. The van der Waals surface area contributed by atoms with Gasteiger partial charge >= 0.3 is 0 Å². The van der Waals surface area contributed by atoms with Gasteiger partial charge in [0.05, 0.1) is 15.6 Å². The number of carbonyl (C=O) groups is 2. The van der Waals surface area contributed by atoms with Crippen LogP contribution >= 0.6 is 23.2 Å². The Morgan fingerprint density at radius 2 is 1.64 bits per heavy atom. The maximum atomic E-state index is 12.2. The van der Waals surface area contributed by atoms with Crippen molar-refractivity contribution in [2.45, 2.75) is 0 Å². The number of hydrogen-bond donors (Lipinski definition) is 3. The average molecular weight is 376 g/mol. The van der Waals surface area contributed by atoms with Crippen molar-refractivity contribution in [2.24, 2.45) is 0 Å². The fourth-order valence-corrected chi connectivity index (χ4v) is 2.74. The summed E-state index contributed by atoms with van der Waals surface area (Å²) in [7, 11) is 0. The van der Waals surface area contributed by atoms with E-state index in [1.165, 1.54) is 6.07 Å². The highest BCUT2D eigenvalue weighted by molar-refractivity contribution is 6.42. The van der Waals surface area contributed by atoms with Crippen LogP contribution < -0.4 is 10.6 Å². The molecule has 0 radical (unpaired) electrons. The lowest BCUT2D eigenvalue weighted by atomic mass is 10.1. The standard InChI is InChI=1S/C18H15Cl2N3O2/c19-14-6-5-11(9-15(14)20)17(24)21-7-8-22-18(25)13-10-23-16-4-2-1-3-12(13)16/h1-6,9-10,23H,7-8H2,(H,21,24)(H,22,25). The molecule has 25 heavy (non-hydrogen) atoms. The SMILES string of the molecule is O=C(NCCNC(=O)c1c[nH]c2ccccc12)c1ccc(Cl)c(Cl)c1. The van der Waals surface area contributed by atoms with Gasteiger partial charge in [0, 0.05) is 35.8 Å². The first-order chi connectivity index (χ1) is 12.1. The van der Waals surface area contributed by atoms with Gasteiger partial charge in [-0.2, -0.15) is 0 Å². The molecule has 2 aromatic carbocycles. The molecule has 7 heteroatoms. The van der Waals surface area contributed by atoms with Gasteiger partial charge in [-0.3, -0.25) is 9.59 Å². The fraction of sp³-hybridized carbons (Fsp3) is 0.111. The lowest BCUT2D eigenvalue weighted by molar-refractivity contribution is 0.0928. The van der Waals surface area contributed by atoms with Gasteiger partial charge < -0.3 is 15.6 Å². The molecule has 5 nitrogen and oxygen atoms in total. The van der Waals surface area contributed by atoms with E-state index in [2.05, 4.69) is 15.6 Å². The molecule has 0 unspecified atom stereocenters. The van der Waals surface area contributed by atoms with E-state index in [0.29, 0.717) is 34.3 Å². The van der Waals surface area contributed by atoms with Crippen LogP contribution in [0.2, 0.25) is 10.0 Å². The Morgan fingerprint density at radius 3 is 2.40 bits per heavy atom. The Balaban J connectivity index is 1.52. The topological polar surface area (TPSA) is 74.0 Å². The predicted octanol–water partition coefficient (Wildman–Crippen LogP) is 3.63. The van der Waals surface area contributed by atoms with Gasteiger partial charge in [0.15, 0.2) is 0 Å². The summed E-state index contributed by atoms with van der Waals surface area (Å²) in [6, 6.07) is 12.2. The fourth-order valence-electron chi connectivity index (χ4n) is 2.45. The minimum Gasteiger partial charge on any atom is -0.360 e.